The molecule has 0 radical (unpaired) electrons. The highest BCUT2D eigenvalue weighted by Gasteiger charge is 2.40. The van der Waals surface area contributed by atoms with Crippen molar-refractivity contribution in [3.8, 4) is 6.07 Å². The van der Waals surface area contributed by atoms with E-state index in [-0.39, 0.29) is 17.4 Å². The summed E-state index contributed by atoms with van der Waals surface area (Å²) in [6, 6.07) is 7.28. The molecular formula is C22H21F3N6O. The van der Waals surface area contributed by atoms with Gasteiger partial charge in [0.1, 0.15) is 35.0 Å². The van der Waals surface area contributed by atoms with Crippen LogP contribution in [-0.4, -0.2) is 40.1 Å². The van der Waals surface area contributed by atoms with Crippen LogP contribution in [0, 0.1) is 18.3 Å². The van der Waals surface area contributed by atoms with Gasteiger partial charge in [0.15, 0.2) is 0 Å². The number of carbonyl (C=O) groups is 1. The smallest absolute Gasteiger partial charge is 0.343 e. The molecule has 166 valence electrons. The number of nitriles is 1. The standard InChI is InChI=1S/C22H21F3N6O/c1-13-11-16(22(23,24)25)15(12-26)20(27-13)31-9-4-5-17(31)21(32)30(3)18-7-6-14-8-10-29(2)19(14)28-18/h6-8,10-11,17H,4-5,9H2,1-3H3. The van der Waals surface area contributed by atoms with Crippen LogP contribution in [-0.2, 0) is 18.0 Å². The lowest BCUT2D eigenvalue weighted by atomic mass is 10.1. The van der Waals surface area contributed by atoms with Gasteiger partial charge >= 0.3 is 6.18 Å². The summed E-state index contributed by atoms with van der Waals surface area (Å²) in [5.74, 6) is 0.0177. The molecule has 3 aromatic heterocycles. The molecule has 3 aromatic rings. The van der Waals surface area contributed by atoms with Gasteiger partial charge in [0.2, 0.25) is 0 Å². The summed E-state index contributed by atoms with van der Waals surface area (Å²) in [4.78, 5) is 25.1. The van der Waals surface area contributed by atoms with E-state index in [0.29, 0.717) is 30.9 Å². The summed E-state index contributed by atoms with van der Waals surface area (Å²) in [6.07, 6.45) is -1.79. The number of pyridine rings is 2. The first kappa shape index (κ1) is 21.6. The molecule has 7 nitrogen and oxygen atoms in total. The largest absolute Gasteiger partial charge is 0.417 e. The van der Waals surface area contributed by atoms with E-state index in [4.69, 9.17) is 0 Å². The van der Waals surface area contributed by atoms with E-state index in [9.17, 15) is 23.2 Å². The van der Waals surface area contributed by atoms with Crippen molar-refractivity contribution in [2.24, 2.45) is 7.05 Å². The second-order valence-corrected chi connectivity index (χ2v) is 7.88. The van der Waals surface area contributed by atoms with Crippen LogP contribution in [0.1, 0.15) is 29.7 Å². The van der Waals surface area contributed by atoms with Crippen LogP contribution < -0.4 is 9.80 Å². The maximum atomic E-state index is 13.5. The number of fused-ring (bicyclic) bond motifs is 1. The predicted molar refractivity (Wildman–Crippen MR) is 113 cm³/mol. The van der Waals surface area contributed by atoms with Crippen LogP contribution in [0.15, 0.2) is 30.5 Å². The molecule has 1 fully saturated rings. The van der Waals surface area contributed by atoms with Crippen LogP contribution in [0.3, 0.4) is 0 Å². The first-order chi connectivity index (χ1) is 15.1. The van der Waals surface area contributed by atoms with Gasteiger partial charge in [-0.2, -0.15) is 18.4 Å². The number of hydrogen-bond acceptors (Lipinski definition) is 5. The molecule has 0 aliphatic carbocycles. The Balaban J connectivity index is 1.71. The van der Waals surface area contributed by atoms with Gasteiger partial charge in [-0.15, -0.1) is 0 Å². The molecule has 1 unspecified atom stereocenters. The topological polar surface area (TPSA) is 78.0 Å². The molecule has 0 spiro atoms. The lowest BCUT2D eigenvalue weighted by Gasteiger charge is -2.29. The van der Waals surface area contributed by atoms with Crippen molar-refractivity contribution in [3.05, 3.63) is 47.3 Å². The van der Waals surface area contributed by atoms with E-state index in [2.05, 4.69) is 9.97 Å². The first-order valence-electron chi connectivity index (χ1n) is 10.1. The first-order valence-corrected chi connectivity index (χ1v) is 10.1. The van der Waals surface area contributed by atoms with Crippen molar-refractivity contribution >= 4 is 28.6 Å². The van der Waals surface area contributed by atoms with Crippen molar-refractivity contribution in [2.75, 3.05) is 23.4 Å². The number of rotatable bonds is 3. The zero-order valence-corrected chi connectivity index (χ0v) is 17.8. The highest BCUT2D eigenvalue weighted by atomic mass is 19.4. The maximum absolute atomic E-state index is 13.5. The molecule has 4 rings (SSSR count). The third kappa shape index (κ3) is 3.64. The molecule has 1 aliphatic rings. The maximum Gasteiger partial charge on any atom is 0.417 e. The van der Waals surface area contributed by atoms with E-state index >= 15 is 0 Å². The average molecular weight is 442 g/mol. The lowest BCUT2D eigenvalue weighted by Crippen LogP contribution is -2.45. The summed E-state index contributed by atoms with van der Waals surface area (Å²) < 4.78 is 42.5. The third-order valence-electron chi connectivity index (χ3n) is 5.73. The molecular weight excluding hydrogens is 421 g/mol. The monoisotopic (exact) mass is 442 g/mol. The summed E-state index contributed by atoms with van der Waals surface area (Å²) in [7, 11) is 3.44. The zero-order chi connectivity index (χ0) is 23.2. The van der Waals surface area contributed by atoms with Gasteiger partial charge < -0.3 is 9.47 Å². The second-order valence-electron chi connectivity index (χ2n) is 7.88. The van der Waals surface area contributed by atoms with Gasteiger partial charge in [-0.3, -0.25) is 9.69 Å². The Kier molecular flexibility index (Phi) is 5.28. The van der Waals surface area contributed by atoms with E-state index in [1.165, 1.54) is 16.7 Å². The highest BCUT2D eigenvalue weighted by Crippen LogP contribution is 2.38. The van der Waals surface area contributed by atoms with Crippen molar-refractivity contribution in [2.45, 2.75) is 32.0 Å². The fourth-order valence-corrected chi connectivity index (χ4v) is 4.12. The molecule has 0 bridgehead atoms. The number of alkyl halides is 3. The summed E-state index contributed by atoms with van der Waals surface area (Å²) in [5.41, 5.74) is -0.750. The number of nitrogens with zero attached hydrogens (tertiary/aromatic N) is 6. The molecule has 1 atom stereocenters. The van der Waals surface area contributed by atoms with Crippen LogP contribution >= 0.6 is 0 Å². The highest BCUT2D eigenvalue weighted by molar-refractivity contribution is 5.99. The lowest BCUT2D eigenvalue weighted by molar-refractivity contribution is -0.137. The Morgan fingerprint density at radius 1 is 1.28 bits per heavy atom. The number of amides is 1. The molecule has 1 amide bonds. The Morgan fingerprint density at radius 3 is 2.72 bits per heavy atom. The van der Waals surface area contributed by atoms with Crippen molar-refractivity contribution in [1.82, 2.24) is 14.5 Å². The molecule has 0 aromatic carbocycles. The average Bonchev–Trinajstić information content (AvgIpc) is 3.38. The zero-order valence-electron chi connectivity index (χ0n) is 17.8. The molecule has 1 aliphatic heterocycles. The molecule has 0 saturated carbocycles. The fourth-order valence-electron chi connectivity index (χ4n) is 4.12. The minimum atomic E-state index is -4.70. The summed E-state index contributed by atoms with van der Waals surface area (Å²) in [5, 5.41) is 10.4. The van der Waals surface area contributed by atoms with Crippen molar-refractivity contribution in [1.29, 1.82) is 5.26 Å². The molecule has 1 saturated heterocycles. The number of aryl methyl sites for hydroxylation is 2. The summed E-state index contributed by atoms with van der Waals surface area (Å²) >= 11 is 0. The number of carbonyl (C=O) groups excluding carboxylic acids is 1. The van der Waals surface area contributed by atoms with Gasteiger partial charge in [-0.25, -0.2) is 9.97 Å². The molecule has 10 heteroatoms. The number of aromatic nitrogens is 3. The van der Waals surface area contributed by atoms with Gasteiger partial charge in [0.05, 0.1) is 5.56 Å². The van der Waals surface area contributed by atoms with E-state index in [0.717, 1.165) is 11.5 Å². The van der Waals surface area contributed by atoms with E-state index in [1.54, 1.807) is 19.2 Å². The van der Waals surface area contributed by atoms with Gasteiger partial charge in [-0.1, -0.05) is 0 Å². The fraction of sp³-hybridized carbons (Fsp3) is 0.364. The van der Waals surface area contributed by atoms with Gasteiger partial charge in [0, 0.05) is 37.9 Å². The van der Waals surface area contributed by atoms with Crippen LogP contribution in [0.5, 0.6) is 0 Å². The SMILES string of the molecule is Cc1cc(C(F)(F)F)c(C#N)c(N2CCCC2C(=O)N(C)c2ccc3ccn(C)c3n2)n1. The molecule has 4 heterocycles. The Morgan fingerprint density at radius 2 is 2.03 bits per heavy atom. The minimum Gasteiger partial charge on any atom is -0.343 e. The Hall–Kier alpha value is -3.61. The summed E-state index contributed by atoms with van der Waals surface area (Å²) in [6.45, 7) is 1.77. The number of likely N-dealkylation sites (N-methyl/N-ethyl adjacent to an activating group) is 1. The number of halogens is 3. The molecule has 32 heavy (non-hydrogen) atoms. The van der Waals surface area contributed by atoms with E-state index in [1.807, 2.05) is 29.9 Å². The quantitative estimate of drug-likeness (QED) is 0.617. The number of hydrogen-bond donors (Lipinski definition) is 0. The Bertz CT molecular complexity index is 1240. The van der Waals surface area contributed by atoms with Crippen molar-refractivity contribution < 1.29 is 18.0 Å². The van der Waals surface area contributed by atoms with Crippen LogP contribution in [0.25, 0.3) is 11.0 Å². The second kappa shape index (κ2) is 7.82. The van der Waals surface area contributed by atoms with Gasteiger partial charge in [-0.05, 0) is 44.0 Å². The normalized spacial score (nSPS) is 16.4. The van der Waals surface area contributed by atoms with Crippen molar-refractivity contribution in [3.63, 3.8) is 0 Å². The molecule has 0 N–H and O–H groups in total. The third-order valence-corrected chi connectivity index (χ3v) is 5.73. The van der Waals surface area contributed by atoms with Crippen LogP contribution in [0.4, 0.5) is 24.8 Å². The minimum absolute atomic E-state index is 0.102. The van der Waals surface area contributed by atoms with E-state index < -0.39 is 23.3 Å². The Labute approximate surface area is 182 Å². The van der Waals surface area contributed by atoms with Gasteiger partial charge in [0.25, 0.3) is 5.91 Å². The van der Waals surface area contributed by atoms with Crippen LogP contribution in [0.2, 0.25) is 0 Å². The predicted octanol–water partition coefficient (Wildman–Crippen LogP) is 3.80. The number of anilines is 2.